The van der Waals surface area contributed by atoms with E-state index in [1.54, 1.807) is 0 Å². The maximum atomic E-state index is 11.0. The van der Waals surface area contributed by atoms with Crippen molar-refractivity contribution >= 4 is 5.78 Å². The standard InChI is InChI=1S/C18H28O4/c19-11-13(20)5-3-1-2-4-6-15-16(12-21-14-7-8-14)18-10-9-17(15)22-18/h2,4,14-19H,1,3,5-12H2/t15-,16+,17-,18+/m1/s1. The van der Waals surface area contributed by atoms with Gasteiger partial charge in [0.2, 0.25) is 0 Å². The first-order valence-corrected chi connectivity index (χ1v) is 8.82. The Balaban J connectivity index is 1.38. The van der Waals surface area contributed by atoms with Gasteiger partial charge in [-0.25, -0.2) is 0 Å². The van der Waals surface area contributed by atoms with E-state index in [4.69, 9.17) is 14.6 Å². The lowest BCUT2D eigenvalue weighted by Gasteiger charge is -2.27. The average Bonchev–Trinajstić information content (AvgIpc) is 3.15. The van der Waals surface area contributed by atoms with Gasteiger partial charge in [0.05, 0.1) is 24.9 Å². The van der Waals surface area contributed by atoms with Gasteiger partial charge in [-0.2, -0.15) is 0 Å². The highest BCUT2D eigenvalue weighted by Crippen LogP contribution is 2.45. The van der Waals surface area contributed by atoms with Crippen LogP contribution in [-0.4, -0.2) is 42.4 Å². The van der Waals surface area contributed by atoms with Crippen molar-refractivity contribution < 1.29 is 19.4 Å². The van der Waals surface area contributed by atoms with E-state index in [0.717, 1.165) is 25.9 Å². The summed E-state index contributed by atoms with van der Waals surface area (Å²) in [5.41, 5.74) is 0. The fourth-order valence-corrected chi connectivity index (χ4v) is 3.78. The lowest BCUT2D eigenvalue weighted by atomic mass is 9.78. The van der Waals surface area contributed by atoms with Crippen molar-refractivity contribution in [2.45, 2.75) is 69.7 Å². The van der Waals surface area contributed by atoms with Crippen LogP contribution in [0.3, 0.4) is 0 Å². The summed E-state index contributed by atoms with van der Waals surface area (Å²) in [4.78, 5) is 11.0. The van der Waals surface area contributed by atoms with Crippen LogP contribution in [0.5, 0.6) is 0 Å². The number of hydrogen-bond acceptors (Lipinski definition) is 4. The zero-order valence-electron chi connectivity index (χ0n) is 13.3. The van der Waals surface area contributed by atoms with Crippen molar-refractivity contribution in [2.24, 2.45) is 11.8 Å². The number of allylic oxidation sites excluding steroid dienone is 2. The summed E-state index contributed by atoms with van der Waals surface area (Å²) in [6, 6.07) is 0. The van der Waals surface area contributed by atoms with Gasteiger partial charge in [-0.15, -0.1) is 0 Å². The molecular weight excluding hydrogens is 280 g/mol. The van der Waals surface area contributed by atoms with Crippen molar-refractivity contribution in [1.82, 2.24) is 0 Å². The quantitative estimate of drug-likeness (QED) is 0.498. The highest BCUT2D eigenvalue weighted by atomic mass is 16.5. The number of hydrogen-bond donors (Lipinski definition) is 1. The van der Waals surface area contributed by atoms with Crippen LogP contribution < -0.4 is 0 Å². The molecular formula is C18H28O4. The number of Topliss-reactive ketones (excluding diaryl/α,β-unsaturated/α-hetero) is 1. The molecule has 3 fully saturated rings. The molecule has 4 atom stereocenters. The second-order valence-corrected chi connectivity index (χ2v) is 6.95. The van der Waals surface area contributed by atoms with Crippen LogP contribution >= 0.6 is 0 Å². The summed E-state index contributed by atoms with van der Waals surface area (Å²) in [7, 11) is 0. The second-order valence-electron chi connectivity index (χ2n) is 6.95. The van der Waals surface area contributed by atoms with E-state index in [2.05, 4.69) is 12.2 Å². The van der Waals surface area contributed by atoms with Crippen LogP contribution in [0.1, 0.15) is 51.4 Å². The Labute approximate surface area is 132 Å². The summed E-state index contributed by atoms with van der Waals surface area (Å²) in [5.74, 6) is 1.11. The minimum absolute atomic E-state index is 0.0628. The van der Waals surface area contributed by atoms with Gasteiger partial charge in [0.1, 0.15) is 6.61 Å². The maximum Gasteiger partial charge on any atom is 0.158 e. The van der Waals surface area contributed by atoms with E-state index in [1.807, 2.05) is 0 Å². The van der Waals surface area contributed by atoms with E-state index < -0.39 is 0 Å². The average molecular weight is 308 g/mol. The van der Waals surface area contributed by atoms with Crippen LogP contribution in [0.2, 0.25) is 0 Å². The van der Waals surface area contributed by atoms with Crippen LogP contribution in [0.4, 0.5) is 0 Å². The van der Waals surface area contributed by atoms with Crippen molar-refractivity contribution in [3.63, 3.8) is 0 Å². The minimum atomic E-state index is -0.325. The third-order valence-corrected chi connectivity index (χ3v) is 5.22. The van der Waals surface area contributed by atoms with Gasteiger partial charge in [0, 0.05) is 12.3 Å². The Kier molecular flexibility index (Phi) is 5.66. The zero-order chi connectivity index (χ0) is 15.4. The maximum absolute atomic E-state index is 11.0. The van der Waals surface area contributed by atoms with E-state index in [9.17, 15) is 4.79 Å². The Bertz CT molecular complexity index is 402. The lowest BCUT2D eigenvalue weighted by molar-refractivity contribution is -0.121. The van der Waals surface area contributed by atoms with E-state index in [-0.39, 0.29) is 12.4 Å². The van der Waals surface area contributed by atoms with Crippen LogP contribution in [-0.2, 0) is 14.3 Å². The lowest BCUT2D eigenvalue weighted by Crippen LogP contribution is -2.30. The number of fused-ring (bicyclic) bond motifs is 2. The highest BCUT2D eigenvalue weighted by Gasteiger charge is 2.48. The monoisotopic (exact) mass is 308 g/mol. The van der Waals surface area contributed by atoms with Gasteiger partial charge in [0.15, 0.2) is 5.78 Å². The van der Waals surface area contributed by atoms with Crippen LogP contribution in [0.15, 0.2) is 12.2 Å². The predicted octanol–water partition coefficient (Wildman–Crippen LogP) is 2.64. The number of ketones is 1. The van der Waals surface area contributed by atoms with Gasteiger partial charge in [-0.05, 0) is 50.9 Å². The molecule has 124 valence electrons. The summed E-state index contributed by atoms with van der Waals surface area (Å²) in [5, 5.41) is 8.67. The van der Waals surface area contributed by atoms with Crippen molar-refractivity contribution in [3.05, 3.63) is 12.2 Å². The van der Waals surface area contributed by atoms with Crippen LogP contribution in [0, 0.1) is 11.8 Å². The van der Waals surface area contributed by atoms with Gasteiger partial charge in [-0.3, -0.25) is 4.79 Å². The highest BCUT2D eigenvalue weighted by molar-refractivity contribution is 5.79. The van der Waals surface area contributed by atoms with Crippen LogP contribution in [0.25, 0.3) is 0 Å². The number of aliphatic hydroxyl groups excluding tert-OH is 1. The topological polar surface area (TPSA) is 55.8 Å². The van der Waals surface area contributed by atoms with Gasteiger partial charge >= 0.3 is 0 Å². The predicted molar refractivity (Wildman–Crippen MR) is 83.5 cm³/mol. The Hall–Kier alpha value is -0.710. The van der Waals surface area contributed by atoms with Crippen molar-refractivity contribution in [2.75, 3.05) is 13.2 Å². The fraction of sp³-hybridized carbons (Fsp3) is 0.833. The molecule has 0 spiro atoms. The van der Waals surface area contributed by atoms with Crippen molar-refractivity contribution in [3.8, 4) is 0 Å². The smallest absolute Gasteiger partial charge is 0.158 e. The number of ether oxygens (including phenoxy) is 2. The molecule has 0 aromatic rings. The van der Waals surface area contributed by atoms with E-state index in [1.165, 1.54) is 25.7 Å². The van der Waals surface area contributed by atoms with E-state index in [0.29, 0.717) is 36.6 Å². The normalized spacial score (nSPS) is 33.9. The van der Waals surface area contributed by atoms with Gasteiger partial charge < -0.3 is 14.6 Å². The molecule has 4 heteroatoms. The summed E-state index contributed by atoms with van der Waals surface area (Å²) in [6.07, 6.45) is 14.0. The molecule has 22 heavy (non-hydrogen) atoms. The first kappa shape index (κ1) is 16.2. The third kappa shape index (κ3) is 4.18. The zero-order valence-corrected chi connectivity index (χ0v) is 13.3. The number of unbranched alkanes of at least 4 members (excludes halogenated alkanes) is 1. The molecule has 1 saturated carbocycles. The Morgan fingerprint density at radius 2 is 1.91 bits per heavy atom. The molecule has 3 aliphatic rings. The molecule has 2 saturated heterocycles. The SMILES string of the molecule is O=C(CO)CCCC=CC[C@@H]1[C@H](COC2CC2)[C@@H]2CC[C@H]1O2. The van der Waals surface area contributed by atoms with Crippen molar-refractivity contribution in [1.29, 1.82) is 0 Å². The molecule has 0 amide bonds. The summed E-state index contributed by atoms with van der Waals surface area (Å²) < 4.78 is 12.0. The summed E-state index contributed by atoms with van der Waals surface area (Å²) >= 11 is 0. The first-order valence-electron chi connectivity index (χ1n) is 8.82. The second kappa shape index (κ2) is 7.71. The summed E-state index contributed by atoms with van der Waals surface area (Å²) in [6.45, 7) is 0.546. The number of carbonyl (C=O) groups is 1. The minimum Gasteiger partial charge on any atom is -0.389 e. The molecule has 2 bridgehead atoms. The molecule has 0 unspecified atom stereocenters. The number of aliphatic hydroxyl groups is 1. The number of carbonyl (C=O) groups excluding carboxylic acids is 1. The van der Waals surface area contributed by atoms with E-state index >= 15 is 0 Å². The first-order chi connectivity index (χ1) is 10.8. The molecule has 3 rings (SSSR count). The molecule has 4 nitrogen and oxygen atoms in total. The molecule has 1 N–H and O–H groups in total. The third-order valence-electron chi connectivity index (χ3n) is 5.22. The molecule has 1 aliphatic carbocycles. The molecule has 0 aromatic carbocycles. The Morgan fingerprint density at radius 1 is 1.14 bits per heavy atom. The molecule has 0 radical (unpaired) electrons. The van der Waals surface area contributed by atoms with Gasteiger partial charge in [0.25, 0.3) is 0 Å². The molecule has 0 aromatic heterocycles. The fourth-order valence-electron chi connectivity index (χ4n) is 3.78. The largest absolute Gasteiger partial charge is 0.389 e. The van der Waals surface area contributed by atoms with Gasteiger partial charge in [-0.1, -0.05) is 12.2 Å². The molecule has 2 aliphatic heterocycles. The molecule has 2 heterocycles. The Morgan fingerprint density at radius 3 is 2.64 bits per heavy atom. The number of rotatable bonds is 10.